The number of aromatic nitrogens is 2. The highest BCUT2D eigenvalue weighted by Gasteiger charge is 2.14. The van der Waals surface area contributed by atoms with Gasteiger partial charge in [0.05, 0.1) is 18.4 Å². The quantitative estimate of drug-likeness (QED) is 0.561. The van der Waals surface area contributed by atoms with E-state index < -0.39 is 0 Å². The summed E-state index contributed by atoms with van der Waals surface area (Å²) in [5.74, 6) is 0. The summed E-state index contributed by atoms with van der Waals surface area (Å²) in [4.78, 5) is 3.41. The van der Waals surface area contributed by atoms with Crippen molar-refractivity contribution in [3.63, 3.8) is 0 Å². The van der Waals surface area contributed by atoms with Crippen LogP contribution in [-0.2, 0) is 6.67 Å². The number of rotatable bonds is 2. The first kappa shape index (κ1) is 16.3. The van der Waals surface area contributed by atoms with Crippen LogP contribution in [0.2, 0.25) is 0 Å². The summed E-state index contributed by atoms with van der Waals surface area (Å²) in [7, 11) is 0. The maximum absolute atomic E-state index is 4.35. The van der Waals surface area contributed by atoms with Crippen molar-refractivity contribution in [2.24, 2.45) is 0 Å². The molecule has 4 rings (SSSR count). The lowest BCUT2D eigenvalue weighted by atomic mass is 10.1. The predicted octanol–water partition coefficient (Wildman–Crippen LogP) is 5.69. The van der Waals surface area contributed by atoms with Crippen molar-refractivity contribution in [2.45, 2.75) is 20.5 Å². The third-order valence-electron chi connectivity index (χ3n) is 3.92. The standard InChI is InChI=1S/C17H15N3S.C3H6/c1-12-7-8-19(10-13(12)2)11-20-16-6-4-3-5-14(16)15-9-18-21-17(15)20;1-3-2/h3-10H,1,11H2,2H3;3H,1H2,2H3. The first-order valence-corrected chi connectivity index (χ1v) is 8.63. The molecule has 3 aromatic rings. The van der Waals surface area contributed by atoms with Crippen LogP contribution in [0.25, 0.3) is 21.1 Å². The van der Waals surface area contributed by atoms with Gasteiger partial charge in [-0.2, -0.15) is 4.37 Å². The van der Waals surface area contributed by atoms with Gasteiger partial charge in [-0.1, -0.05) is 30.9 Å². The van der Waals surface area contributed by atoms with Gasteiger partial charge in [0, 0.05) is 23.2 Å². The van der Waals surface area contributed by atoms with E-state index in [1.165, 1.54) is 26.7 Å². The summed E-state index contributed by atoms with van der Waals surface area (Å²) >= 11 is 1.55. The molecule has 0 unspecified atom stereocenters. The second-order valence-electron chi connectivity index (χ2n) is 5.71. The van der Waals surface area contributed by atoms with Crippen LogP contribution in [0.1, 0.15) is 13.8 Å². The molecular formula is C20H21N3S. The van der Waals surface area contributed by atoms with Gasteiger partial charge in [-0.3, -0.25) is 0 Å². The van der Waals surface area contributed by atoms with E-state index in [0.717, 1.165) is 12.2 Å². The van der Waals surface area contributed by atoms with Crippen LogP contribution in [0.3, 0.4) is 0 Å². The third-order valence-corrected chi connectivity index (χ3v) is 4.74. The molecule has 0 bridgehead atoms. The third kappa shape index (κ3) is 2.93. The van der Waals surface area contributed by atoms with Gasteiger partial charge in [0.25, 0.3) is 0 Å². The Morgan fingerprint density at radius 3 is 2.75 bits per heavy atom. The predicted molar refractivity (Wildman–Crippen MR) is 105 cm³/mol. The van der Waals surface area contributed by atoms with Crippen molar-refractivity contribution in [2.75, 3.05) is 0 Å². The lowest BCUT2D eigenvalue weighted by Crippen LogP contribution is -2.17. The first-order chi connectivity index (χ1) is 11.7. The summed E-state index contributed by atoms with van der Waals surface area (Å²) in [6.07, 6.45) is 10.00. The van der Waals surface area contributed by atoms with Crippen LogP contribution in [0, 0.1) is 0 Å². The molecule has 0 fully saturated rings. The highest BCUT2D eigenvalue weighted by atomic mass is 32.1. The van der Waals surface area contributed by atoms with Crippen LogP contribution in [0.5, 0.6) is 0 Å². The molecule has 0 amide bonds. The summed E-state index contributed by atoms with van der Waals surface area (Å²) in [5.41, 5.74) is 3.53. The second-order valence-corrected chi connectivity index (χ2v) is 6.49. The number of allylic oxidation sites excluding steroid dienone is 4. The fourth-order valence-corrected chi connectivity index (χ4v) is 3.52. The Morgan fingerprint density at radius 1 is 1.25 bits per heavy atom. The number of para-hydroxylation sites is 1. The highest BCUT2D eigenvalue weighted by molar-refractivity contribution is 7.13. The highest BCUT2D eigenvalue weighted by Crippen LogP contribution is 2.31. The average molecular weight is 335 g/mol. The normalized spacial score (nSPS) is 13.8. The zero-order chi connectivity index (χ0) is 17.1. The number of fused-ring (bicyclic) bond motifs is 3. The maximum Gasteiger partial charge on any atom is 0.125 e. The Balaban J connectivity index is 0.000000526. The minimum atomic E-state index is 0.785. The summed E-state index contributed by atoms with van der Waals surface area (Å²) in [6.45, 7) is 12.1. The molecule has 1 aliphatic rings. The van der Waals surface area contributed by atoms with Crippen LogP contribution < -0.4 is 0 Å². The Morgan fingerprint density at radius 2 is 2.00 bits per heavy atom. The molecule has 0 saturated heterocycles. The van der Waals surface area contributed by atoms with Gasteiger partial charge in [0.2, 0.25) is 0 Å². The average Bonchev–Trinajstić information content (AvgIpc) is 3.15. The molecule has 1 aliphatic heterocycles. The molecule has 4 heteroatoms. The van der Waals surface area contributed by atoms with Gasteiger partial charge in [0.1, 0.15) is 4.83 Å². The number of hydrogen-bond acceptors (Lipinski definition) is 3. The lowest BCUT2D eigenvalue weighted by molar-refractivity contribution is 0.413. The molecule has 0 saturated carbocycles. The van der Waals surface area contributed by atoms with Gasteiger partial charge >= 0.3 is 0 Å². The minimum Gasteiger partial charge on any atom is -0.336 e. The van der Waals surface area contributed by atoms with Crippen LogP contribution in [-0.4, -0.2) is 13.8 Å². The smallest absolute Gasteiger partial charge is 0.125 e. The summed E-state index contributed by atoms with van der Waals surface area (Å²) in [5, 5.41) is 2.51. The zero-order valence-corrected chi connectivity index (χ0v) is 14.9. The van der Waals surface area contributed by atoms with E-state index >= 15 is 0 Å². The van der Waals surface area contributed by atoms with E-state index in [4.69, 9.17) is 0 Å². The van der Waals surface area contributed by atoms with E-state index in [-0.39, 0.29) is 0 Å². The van der Waals surface area contributed by atoms with Gasteiger partial charge in [-0.25, -0.2) is 0 Å². The molecule has 0 radical (unpaired) electrons. The van der Waals surface area contributed by atoms with Crippen molar-refractivity contribution in [1.82, 2.24) is 13.8 Å². The molecule has 24 heavy (non-hydrogen) atoms. The largest absolute Gasteiger partial charge is 0.336 e. The Labute approximate surface area is 146 Å². The summed E-state index contributed by atoms with van der Waals surface area (Å²) < 4.78 is 6.67. The van der Waals surface area contributed by atoms with Crippen molar-refractivity contribution >= 4 is 32.7 Å². The molecular weight excluding hydrogens is 314 g/mol. The molecule has 122 valence electrons. The van der Waals surface area contributed by atoms with Crippen molar-refractivity contribution in [3.8, 4) is 0 Å². The van der Waals surface area contributed by atoms with E-state index in [1.54, 1.807) is 17.6 Å². The van der Waals surface area contributed by atoms with Gasteiger partial charge in [0.15, 0.2) is 0 Å². The molecule has 0 N–H and O–H groups in total. The Kier molecular flexibility index (Phi) is 4.67. The number of benzene rings is 1. The van der Waals surface area contributed by atoms with Crippen molar-refractivity contribution < 1.29 is 0 Å². The topological polar surface area (TPSA) is 21.1 Å². The molecule has 1 aromatic carbocycles. The SMILES string of the molecule is C=C1C=CN(Cn2c3ccccc3c3cnsc32)C=C1C.C=CC. The van der Waals surface area contributed by atoms with Gasteiger partial charge in [-0.15, -0.1) is 6.58 Å². The van der Waals surface area contributed by atoms with Crippen molar-refractivity contribution in [3.05, 3.63) is 79.3 Å². The van der Waals surface area contributed by atoms with Crippen LogP contribution in [0.15, 0.2) is 79.3 Å². The van der Waals surface area contributed by atoms with E-state index in [1.807, 2.05) is 13.1 Å². The molecule has 3 heterocycles. The molecule has 0 spiro atoms. The first-order valence-electron chi connectivity index (χ1n) is 7.86. The molecule has 0 aliphatic carbocycles. The molecule has 0 atom stereocenters. The van der Waals surface area contributed by atoms with Crippen LogP contribution in [0.4, 0.5) is 0 Å². The lowest BCUT2D eigenvalue weighted by Gasteiger charge is -2.22. The van der Waals surface area contributed by atoms with E-state index in [9.17, 15) is 0 Å². The molecule has 2 aromatic heterocycles. The maximum atomic E-state index is 4.35. The van der Waals surface area contributed by atoms with E-state index in [2.05, 4.69) is 76.7 Å². The van der Waals surface area contributed by atoms with Crippen LogP contribution >= 0.6 is 11.5 Å². The van der Waals surface area contributed by atoms with E-state index in [0.29, 0.717) is 0 Å². The fourth-order valence-electron chi connectivity index (χ4n) is 2.74. The second kappa shape index (κ2) is 6.89. The number of nitrogens with zero attached hydrogens (tertiary/aromatic N) is 3. The Hall–Kier alpha value is -2.59. The number of hydrogen-bond donors (Lipinski definition) is 0. The monoisotopic (exact) mass is 335 g/mol. The minimum absolute atomic E-state index is 0.785. The van der Waals surface area contributed by atoms with Crippen molar-refractivity contribution in [1.29, 1.82) is 0 Å². The summed E-state index contributed by atoms with van der Waals surface area (Å²) in [6, 6.07) is 8.51. The fraction of sp³-hybridized carbons (Fsp3) is 0.150. The van der Waals surface area contributed by atoms with Gasteiger partial charge < -0.3 is 9.47 Å². The Bertz CT molecular complexity index is 956. The molecule has 3 nitrogen and oxygen atoms in total. The zero-order valence-electron chi connectivity index (χ0n) is 14.1. The van der Waals surface area contributed by atoms with Gasteiger partial charge in [-0.05, 0) is 48.7 Å².